The van der Waals surface area contributed by atoms with E-state index in [9.17, 15) is 0 Å². The summed E-state index contributed by atoms with van der Waals surface area (Å²) >= 11 is 0. The second-order valence-corrected chi connectivity index (χ2v) is 6.04. The summed E-state index contributed by atoms with van der Waals surface area (Å²) in [4.78, 5) is 11.5. The Balaban J connectivity index is 1.47. The van der Waals surface area contributed by atoms with Crippen LogP contribution in [0.5, 0.6) is 0 Å². The van der Waals surface area contributed by atoms with E-state index in [0.29, 0.717) is 5.92 Å². The van der Waals surface area contributed by atoms with Crippen LogP contribution in [0.2, 0.25) is 0 Å². The average Bonchev–Trinajstić information content (AvgIpc) is 3.33. The van der Waals surface area contributed by atoms with Gasteiger partial charge in [-0.15, -0.1) is 10.2 Å². The van der Waals surface area contributed by atoms with Crippen LogP contribution in [0.1, 0.15) is 30.4 Å². The number of hydrogen-bond acceptors (Lipinski definition) is 5. The van der Waals surface area contributed by atoms with Crippen LogP contribution in [0.15, 0.2) is 30.5 Å². The maximum atomic E-state index is 4.73. The Morgan fingerprint density at radius 1 is 1.00 bits per heavy atom. The van der Waals surface area contributed by atoms with Gasteiger partial charge in [0.2, 0.25) is 0 Å². The van der Waals surface area contributed by atoms with Gasteiger partial charge in [-0.05, 0) is 25.0 Å². The number of rotatable bonds is 2. The molecule has 1 aliphatic carbocycles. The summed E-state index contributed by atoms with van der Waals surface area (Å²) in [7, 11) is 0. The maximum Gasteiger partial charge on any atom is 0.152 e. The van der Waals surface area contributed by atoms with Crippen LogP contribution in [0.3, 0.4) is 0 Å². The summed E-state index contributed by atoms with van der Waals surface area (Å²) in [6.45, 7) is 2.62. The van der Waals surface area contributed by atoms with Gasteiger partial charge in [0.05, 0.1) is 23.8 Å². The third-order valence-electron chi connectivity index (χ3n) is 4.48. The zero-order valence-corrected chi connectivity index (χ0v) is 12.2. The highest BCUT2D eigenvalue weighted by atomic mass is 15.4. The quantitative estimate of drug-likeness (QED) is 0.724. The van der Waals surface area contributed by atoms with Gasteiger partial charge in [-0.1, -0.05) is 12.1 Å². The molecule has 1 aliphatic heterocycles. The summed E-state index contributed by atoms with van der Waals surface area (Å²) in [5.41, 5.74) is 1.87. The van der Waals surface area contributed by atoms with Gasteiger partial charge in [-0.2, -0.15) is 0 Å². The predicted molar refractivity (Wildman–Crippen MR) is 82.6 cm³/mol. The molecule has 0 unspecified atom stereocenters. The first-order valence-electron chi connectivity index (χ1n) is 7.77. The van der Waals surface area contributed by atoms with Crippen molar-refractivity contribution in [3.05, 3.63) is 42.1 Å². The minimum atomic E-state index is 0.647. The van der Waals surface area contributed by atoms with Gasteiger partial charge in [0.1, 0.15) is 11.6 Å². The Morgan fingerprint density at radius 3 is 2.73 bits per heavy atom. The number of nitrogens with zero attached hydrogens (tertiary/aromatic N) is 6. The molecule has 6 heteroatoms. The Morgan fingerprint density at radius 2 is 1.86 bits per heavy atom. The van der Waals surface area contributed by atoms with E-state index in [-0.39, 0.29) is 0 Å². The van der Waals surface area contributed by atoms with Crippen molar-refractivity contribution in [2.24, 2.45) is 0 Å². The van der Waals surface area contributed by atoms with Crippen molar-refractivity contribution < 1.29 is 0 Å². The Kier molecular flexibility index (Phi) is 2.47. The molecule has 0 saturated heterocycles. The lowest BCUT2D eigenvalue weighted by atomic mass is 10.3. The van der Waals surface area contributed by atoms with Crippen LogP contribution >= 0.6 is 0 Å². The lowest BCUT2D eigenvalue weighted by molar-refractivity contribution is 0.540. The minimum absolute atomic E-state index is 0.647. The van der Waals surface area contributed by atoms with Crippen molar-refractivity contribution in [3.8, 4) is 0 Å². The number of benzene rings is 1. The van der Waals surface area contributed by atoms with Gasteiger partial charge in [0.15, 0.2) is 5.82 Å². The number of anilines is 1. The van der Waals surface area contributed by atoms with E-state index < -0.39 is 0 Å². The van der Waals surface area contributed by atoms with Crippen molar-refractivity contribution in [3.63, 3.8) is 0 Å². The number of aromatic nitrogens is 5. The van der Waals surface area contributed by atoms with Crippen LogP contribution in [-0.4, -0.2) is 31.3 Å². The molecule has 110 valence electrons. The lowest BCUT2D eigenvalue weighted by Crippen LogP contribution is -2.35. The van der Waals surface area contributed by atoms with Gasteiger partial charge in [0, 0.05) is 19.0 Å². The van der Waals surface area contributed by atoms with E-state index in [1.807, 2.05) is 30.5 Å². The molecular formula is C16H16N6. The van der Waals surface area contributed by atoms with Gasteiger partial charge < -0.3 is 9.47 Å². The molecule has 2 aliphatic rings. The second-order valence-electron chi connectivity index (χ2n) is 6.04. The summed E-state index contributed by atoms with van der Waals surface area (Å²) in [5, 5.41) is 8.77. The molecule has 0 spiro atoms. The van der Waals surface area contributed by atoms with Crippen LogP contribution < -0.4 is 4.90 Å². The zero-order valence-electron chi connectivity index (χ0n) is 12.2. The van der Waals surface area contributed by atoms with Gasteiger partial charge in [-0.25, -0.2) is 4.98 Å². The predicted octanol–water partition coefficient (Wildman–Crippen LogP) is 2.12. The minimum Gasteiger partial charge on any atom is -0.346 e. The molecule has 0 amide bonds. The molecule has 2 aromatic heterocycles. The van der Waals surface area contributed by atoms with Crippen molar-refractivity contribution in [2.45, 2.75) is 31.8 Å². The van der Waals surface area contributed by atoms with E-state index in [0.717, 1.165) is 42.3 Å². The van der Waals surface area contributed by atoms with Gasteiger partial charge in [0.25, 0.3) is 0 Å². The highest BCUT2D eigenvalue weighted by molar-refractivity contribution is 5.75. The number of para-hydroxylation sites is 2. The molecule has 0 bridgehead atoms. The van der Waals surface area contributed by atoms with Crippen molar-refractivity contribution >= 4 is 16.9 Å². The Hall–Kier alpha value is -2.50. The Bertz CT molecular complexity index is 851. The molecule has 3 heterocycles. The summed E-state index contributed by atoms with van der Waals surface area (Å²) < 4.78 is 2.29. The molecular weight excluding hydrogens is 276 g/mol. The first-order valence-corrected chi connectivity index (χ1v) is 7.77. The molecule has 3 aromatic rings. The summed E-state index contributed by atoms with van der Waals surface area (Å²) in [5.74, 6) is 3.79. The molecule has 0 N–H and O–H groups in total. The summed E-state index contributed by atoms with van der Waals surface area (Å²) in [6, 6.07) is 7.97. The standard InChI is InChI=1S/C16H16N6/c1-2-4-13-12(3-1)17-9-14(18-13)21-7-8-22-15(10-21)19-20-16(22)11-5-6-11/h1-4,9,11H,5-8,10H2. The zero-order chi connectivity index (χ0) is 14.5. The first kappa shape index (κ1) is 12.1. The largest absolute Gasteiger partial charge is 0.346 e. The van der Waals surface area contributed by atoms with Crippen LogP contribution in [0, 0.1) is 0 Å². The molecule has 6 nitrogen and oxygen atoms in total. The van der Waals surface area contributed by atoms with Crippen LogP contribution in [0.25, 0.3) is 11.0 Å². The lowest BCUT2D eigenvalue weighted by Gasteiger charge is -2.28. The monoisotopic (exact) mass is 292 g/mol. The third kappa shape index (κ3) is 1.87. The topological polar surface area (TPSA) is 59.7 Å². The van der Waals surface area contributed by atoms with E-state index >= 15 is 0 Å². The van der Waals surface area contributed by atoms with E-state index in [2.05, 4.69) is 24.6 Å². The van der Waals surface area contributed by atoms with Crippen molar-refractivity contribution in [2.75, 3.05) is 11.4 Å². The molecule has 0 atom stereocenters. The van der Waals surface area contributed by atoms with Gasteiger partial charge in [-0.3, -0.25) is 4.98 Å². The molecule has 1 fully saturated rings. The fourth-order valence-electron chi connectivity index (χ4n) is 3.12. The second kappa shape index (κ2) is 4.50. The van der Waals surface area contributed by atoms with Crippen LogP contribution in [0.4, 0.5) is 5.82 Å². The van der Waals surface area contributed by atoms with E-state index in [1.165, 1.54) is 18.7 Å². The fraction of sp³-hybridized carbons (Fsp3) is 0.375. The van der Waals surface area contributed by atoms with E-state index in [4.69, 9.17) is 4.98 Å². The third-order valence-corrected chi connectivity index (χ3v) is 4.48. The smallest absolute Gasteiger partial charge is 0.152 e. The normalized spacial score (nSPS) is 17.7. The van der Waals surface area contributed by atoms with Gasteiger partial charge >= 0.3 is 0 Å². The fourth-order valence-corrected chi connectivity index (χ4v) is 3.12. The molecule has 1 aromatic carbocycles. The summed E-state index contributed by atoms with van der Waals surface area (Å²) in [6.07, 6.45) is 4.38. The molecule has 5 rings (SSSR count). The SMILES string of the molecule is c1ccc2nc(N3CCn4c(nnc4C4CC4)C3)cnc2c1. The molecule has 22 heavy (non-hydrogen) atoms. The average molecular weight is 292 g/mol. The highest BCUT2D eigenvalue weighted by Gasteiger charge is 2.32. The van der Waals surface area contributed by atoms with E-state index in [1.54, 1.807) is 0 Å². The molecule has 0 radical (unpaired) electrons. The number of hydrogen-bond donors (Lipinski definition) is 0. The first-order chi connectivity index (χ1) is 10.9. The Labute approximate surface area is 127 Å². The molecule has 1 saturated carbocycles. The van der Waals surface area contributed by atoms with Crippen molar-refractivity contribution in [1.29, 1.82) is 0 Å². The maximum absolute atomic E-state index is 4.73. The number of fused-ring (bicyclic) bond motifs is 2. The van der Waals surface area contributed by atoms with Crippen LogP contribution in [-0.2, 0) is 13.1 Å². The highest BCUT2D eigenvalue weighted by Crippen LogP contribution is 2.39. The van der Waals surface area contributed by atoms with Crippen molar-refractivity contribution in [1.82, 2.24) is 24.7 Å².